The lowest BCUT2D eigenvalue weighted by Gasteiger charge is -2.21. The number of benzene rings is 1. The second kappa shape index (κ2) is 6.63. The first-order valence-corrected chi connectivity index (χ1v) is 6.41. The first-order chi connectivity index (χ1) is 9.20. The molecule has 0 saturated heterocycles. The Kier molecular flexibility index (Phi) is 5.42. The third-order valence-electron chi connectivity index (χ3n) is 2.55. The minimum atomic E-state index is -1.54. The van der Waals surface area contributed by atoms with Crippen molar-refractivity contribution in [1.82, 2.24) is 5.73 Å². The Morgan fingerprint density at radius 3 is 2.30 bits per heavy atom. The van der Waals surface area contributed by atoms with E-state index in [0.29, 0.717) is 0 Å². The Balaban J connectivity index is 2.62. The molecule has 0 bridgehead atoms. The SMILES string of the molecule is CC(C)(C)OC(=O)C(=O)[C@@H]([NH])C(O)Cc1ccccc1. The summed E-state index contributed by atoms with van der Waals surface area (Å²) in [5.41, 5.74) is 7.68. The molecular formula is C15H20NO4. The van der Waals surface area contributed by atoms with Crippen LogP contribution < -0.4 is 5.73 Å². The van der Waals surface area contributed by atoms with Crippen LogP contribution in [0.3, 0.4) is 0 Å². The van der Waals surface area contributed by atoms with Gasteiger partial charge in [-0.05, 0) is 26.3 Å². The lowest BCUT2D eigenvalue weighted by atomic mass is 9.99. The van der Waals surface area contributed by atoms with Gasteiger partial charge in [-0.25, -0.2) is 10.5 Å². The van der Waals surface area contributed by atoms with Gasteiger partial charge in [-0.3, -0.25) is 4.79 Å². The number of ether oxygens (including phenoxy) is 1. The number of Topliss-reactive ketones (excluding diaryl/α,β-unsaturated/α-hetero) is 1. The van der Waals surface area contributed by atoms with E-state index in [4.69, 9.17) is 10.5 Å². The van der Waals surface area contributed by atoms with E-state index in [1.54, 1.807) is 45.0 Å². The summed E-state index contributed by atoms with van der Waals surface area (Å²) in [5.74, 6) is -2.10. The van der Waals surface area contributed by atoms with Crippen molar-refractivity contribution in [2.75, 3.05) is 0 Å². The molecule has 0 aliphatic carbocycles. The number of ketones is 1. The zero-order valence-electron chi connectivity index (χ0n) is 11.9. The molecule has 0 aromatic heterocycles. The van der Waals surface area contributed by atoms with Crippen LogP contribution in [0.25, 0.3) is 0 Å². The number of aliphatic hydroxyl groups excluding tert-OH is 1. The van der Waals surface area contributed by atoms with Crippen molar-refractivity contribution in [2.45, 2.75) is 44.9 Å². The topological polar surface area (TPSA) is 87.4 Å². The predicted molar refractivity (Wildman–Crippen MR) is 73.9 cm³/mol. The van der Waals surface area contributed by atoms with Gasteiger partial charge in [-0.2, -0.15) is 0 Å². The van der Waals surface area contributed by atoms with Crippen LogP contribution in [0, 0.1) is 0 Å². The average Bonchev–Trinajstić information content (AvgIpc) is 2.36. The summed E-state index contributed by atoms with van der Waals surface area (Å²) in [6, 6.07) is 7.47. The highest BCUT2D eigenvalue weighted by Gasteiger charge is 2.32. The Morgan fingerprint density at radius 2 is 1.80 bits per heavy atom. The number of nitrogens with one attached hydrogen (secondary N) is 1. The van der Waals surface area contributed by atoms with Crippen LogP contribution in [0.4, 0.5) is 0 Å². The van der Waals surface area contributed by atoms with Gasteiger partial charge in [0.05, 0.1) is 6.10 Å². The number of aliphatic hydroxyl groups is 1. The van der Waals surface area contributed by atoms with E-state index in [2.05, 4.69) is 0 Å². The highest BCUT2D eigenvalue weighted by atomic mass is 16.6. The molecule has 2 N–H and O–H groups in total. The number of esters is 1. The maximum Gasteiger partial charge on any atom is 0.376 e. The van der Waals surface area contributed by atoms with Gasteiger partial charge in [0.25, 0.3) is 5.78 Å². The predicted octanol–water partition coefficient (Wildman–Crippen LogP) is 1.15. The minimum Gasteiger partial charge on any atom is -0.454 e. The van der Waals surface area contributed by atoms with Crippen molar-refractivity contribution in [3.05, 3.63) is 35.9 Å². The normalized spacial score (nSPS) is 14.4. The van der Waals surface area contributed by atoms with Crippen LogP contribution in [0.15, 0.2) is 30.3 Å². The Labute approximate surface area is 118 Å². The molecule has 0 heterocycles. The van der Waals surface area contributed by atoms with Crippen molar-refractivity contribution in [3.8, 4) is 0 Å². The van der Waals surface area contributed by atoms with Crippen LogP contribution in [0.2, 0.25) is 0 Å². The van der Waals surface area contributed by atoms with E-state index in [0.717, 1.165) is 5.56 Å². The van der Waals surface area contributed by atoms with Crippen molar-refractivity contribution in [1.29, 1.82) is 0 Å². The smallest absolute Gasteiger partial charge is 0.376 e. The van der Waals surface area contributed by atoms with Crippen LogP contribution in [0.1, 0.15) is 26.3 Å². The summed E-state index contributed by atoms with van der Waals surface area (Å²) in [6.45, 7) is 4.91. The van der Waals surface area contributed by atoms with Gasteiger partial charge in [0.2, 0.25) is 0 Å². The fourth-order valence-corrected chi connectivity index (χ4v) is 1.60. The second-order valence-electron chi connectivity index (χ2n) is 5.60. The summed E-state index contributed by atoms with van der Waals surface area (Å²) in [5, 5.41) is 9.87. The van der Waals surface area contributed by atoms with Crippen LogP contribution in [-0.2, 0) is 20.7 Å². The zero-order valence-corrected chi connectivity index (χ0v) is 11.9. The zero-order chi connectivity index (χ0) is 15.3. The molecule has 1 unspecified atom stereocenters. The molecule has 1 rings (SSSR count). The fourth-order valence-electron chi connectivity index (χ4n) is 1.60. The van der Waals surface area contributed by atoms with E-state index in [9.17, 15) is 14.7 Å². The lowest BCUT2D eigenvalue weighted by Crippen LogP contribution is -2.43. The molecule has 5 heteroatoms. The molecule has 0 saturated carbocycles. The molecule has 0 aliphatic rings. The molecule has 1 radical (unpaired) electrons. The molecule has 2 atom stereocenters. The van der Waals surface area contributed by atoms with Gasteiger partial charge in [0, 0.05) is 6.42 Å². The summed E-state index contributed by atoms with van der Waals surface area (Å²) in [7, 11) is 0. The largest absolute Gasteiger partial charge is 0.454 e. The molecule has 0 aliphatic heterocycles. The van der Waals surface area contributed by atoms with Crippen LogP contribution in [0.5, 0.6) is 0 Å². The maximum atomic E-state index is 11.7. The standard InChI is InChI=1S/C15H20NO4/c1-15(2,3)20-14(19)13(18)12(16)11(17)9-10-7-5-4-6-8-10/h4-8,11-12,16-17H,9H2,1-3H3/t11?,12-/m0/s1. The molecule has 1 aromatic rings. The number of hydrogen-bond acceptors (Lipinski definition) is 4. The fraction of sp³-hybridized carbons (Fsp3) is 0.467. The Morgan fingerprint density at radius 1 is 1.25 bits per heavy atom. The third-order valence-corrected chi connectivity index (χ3v) is 2.55. The molecule has 0 spiro atoms. The van der Waals surface area contributed by atoms with Gasteiger partial charge in [0.15, 0.2) is 0 Å². The van der Waals surface area contributed by atoms with Gasteiger partial charge < -0.3 is 9.84 Å². The maximum absolute atomic E-state index is 11.7. The number of carbonyl (C=O) groups is 2. The molecular weight excluding hydrogens is 258 g/mol. The van der Waals surface area contributed by atoms with Crippen molar-refractivity contribution in [3.63, 3.8) is 0 Å². The summed E-state index contributed by atoms with van der Waals surface area (Å²) < 4.78 is 4.90. The number of rotatable bonds is 5. The van der Waals surface area contributed by atoms with Gasteiger partial charge in [0.1, 0.15) is 11.6 Å². The summed E-state index contributed by atoms with van der Waals surface area (Å²) >= 11 is 0. The quantitative estimate of drug-likeness (QED) is 0.646. The van der Waals surface area contributed by atoms with E-state index < -0.39 is 29.5 Å². The van der Waals surface area contributed by atoms with E-state index >= 15 is 0 Å². The Hall–Kier alpha value is -1.72. The lowest BCUT2D eigenvalue weighted by molar-refractivity contribution is -0.164. The van der Waals surface area contributed by atoms with E-state index in [1.165, 1.54) is 0 Å². The van der Waals surface area contributed by atoms with Gasteiger partial charge in [-0.15, -0.1) is 0 Å². The molecule has 0 amide bonds. The molecule has 20 heavy (non-hydrogen) atoms. The highest BCUT2D eigenvalue weighted by Crippen LogP contribution is 2.10. The van der Waals surface area contributed by atoms with E-state index in [-0.39, 0.29) is 6.42 Å². The number of carbonyl (C=O) groups excluding carboxylic acids is 2. The van der Waals surface area contributed by atoms with Gasteiger partial charge >= 0.3 is 5.97 Å². The van der Waals surface area contributed by atoms with Gasteiger partial charge in [-0.1, -0.05) is 30.3 Å². The molecule has 109 valence electrons. The van der Waals surface area contributed by atoms with Crippen LogP contribution >= 0.6 is 0 Å². The summed E-state index contributed by atoms with van der Waals surface area (Å²) in [6.07, 6.45) is -1.10. The van der Waals surface area contributed by atoms with E-state index in [1.807, 2.05) is 6.07 Å². The molecule has 0 fully saturated rings. The molecule has 1 aromatic carbocycles. The summed E-state index contributed by atoms with van der Waals surface area (Å²) in [4.78, 5) is 23.3. The van der Waals surface area contributed by atoms with Crippen LogP contribution in [-0.4, -0.2) is 34.6 Å². The van der Waals surface area contributed by atoms with Crippen molar-refractivity contribution >= 4 is 11.8 Å². The molecule has 5 nitrogen and oxygen atoms in total. The monoisotopic (exact) mass is 278 g/mol. The Bertz CT molecular complexity index is 465. The first kappa shape index (κ1) is 16.3. The highest BCUT2D eigenvalue weighted by molar-refractivity contribution is 6.35. The average molecular weight is 278 g/mol. The second-order valence-corrected chi connectivity index (χ2v) is 5.60. The first-order valence-electron chi connectivity index (χ1n) is 6.41. The van der Waals surface area contributed by atoms with Crippen molar-refractivity contribution in [2.24, 2.45) is 0 Å². The van der Waals surface area contributed by atoms with Crippen molar-refractivity contribution < 1.29 is 19.4 Å². The minimum absolute atomic E-state index is 0.142. The third kappa shape index (κ3) is 5.11. The number of hydrogen-bond donors (Lipinski definition) is 1.